The van der Waals surface area contributed by atoms with Gasteiger partial charge in [0, 0.05) is 37.1 Å². The molecule has 8 heteroatoms. The molecule has 1 amide bonds. The summed E-state index contributed by atoms with van der Waals surface area (Å²) < 4.78 is 6.87. The fourth-order valence-electron chi connectivity index (χ4n) is 3.87. The average molecular weight is 409 g/mol. The Morgan fingerprint density at radius 1 is 1.27 bits per heavy atom. The van der Waals surface area contributed by atoms with Crippen molar-refractivity contribution < 1.29 is 9.53 Å². The Bertz CT molecular complexity index is 1000. The Morgan fingerprint density at radius 2 is 2.10 bits per heavy atom. The minimum atomic E-state index is 0.0981. The molecule has 0 saturated carbocycles. The summed E-state index contributed by atoms with van der Waals surface area (Å²) in [5.41, 5.74) is 2.55. The summed E-state index contributed by atoms with van der Waals surface area (Å²) >= 11 is 0. The molecule has 1 aliphatic heterocycles. The van der Waals surface area contributed by atoms with Crippen molar-refractivity contribution in [1.82, 2.24) is 29.8 Å². The lowest BCUT2D eigenvalue weighted by Crippen LogP contribution is -2.40. The number of hydrogen-bond donors (Lipinski definition) is 1. The quantitative estimate of drug-likeness (QED) is 0.646. The summed E-state index contributed by atoms with van der Waals surface area (Å²) in [4.78, 5) is 23.6. The molecule has 3 heterocycles. The van der Waals surface area contributed by atoms with Crippen LogP contribution in [0.1, 0.15) is 31.5 Å². The molecule has 158 valence electrons. The van der Waals surface area contributed by atoms with Crippen molar-refractivity contribution in [3.8, 4) is 17.0 Å². The van der Waals surface area contributed by atoms with E-state index >= 15 is 0 Å². The smallest absolute Gasteiger partial charge is 0.221 e. The number of benzene rings is 1. The minimum absolute atomic E-state index is 0.0981. The minimum Gasteiger partial charge on any atom is -0.497 e. The molecule has 0 spiro atoms. The summed E-state index contributed by atoms with van der Waals surface area (Å²) in [6.07, 6.45) is 6.35. The molecule has 0 radical (unpaired) electrons. The van der Waals surface area contributed by atoms with E-state index in [0.29, 0.717) is 31.3 Å². The number of likely N-dealkylation sites (tertiary alicyclic amines) is 1. The Morgan fingerprint density at radius 3 is 2.87 bits per heavy atom. The summed E-state index contributed by atoms with van der Waals surface area (Å²) in [7, 11) is 3.75. The molecule has 1 aromatic carbocycles. The predicted octanol–water partition coefficient (Wildman–Crippen LogP) is 2.33. The number of nitrogens with zero attached hydrogens (tertiary/aromatic N) is 5. The van der Waals surface area contributed by atoms with Gasteiger partial charge in [0.15, 0.2) is 11.5 Å². The number of carbonyl (C=O) groups is 1. The molecule has 1 N–H and O–H groups in total. The van der Waals surface area contributed by atoms with Crippen LogP contribution in [0, 0.1) is 0 Å². The van der Waals surface area contributed by atoms with Gasteiger partial charge in [-0.1, -0.05) is 6.42 Å². The highest BCUT2D eigenvalue weighted by atomic mass is 16.5. The zero-order valence-corrected chi connectivity index (χ0v) is 17.5. The van der Waals surface area contributed by atoms with E-state index in [1.807, 2.05) is 30.3 Å². The van der Waals surface area contributed by atoms with Crippen LogP contribution in [0.5, 0.6) is 5.75 Å². The maximum absolute atomic E-state index is 12.3. The first-order valence-electron chi connectivity index (χ1n) is 10.4. The number of ether oxygens (including phenoxy) is 1. The van der Waals surface area contributed by atoms with Gasteiger partial charge in [-0.05, 0) is 50.7 Å². The highest BCUT2D eigenvalue weighted by Crippen LogP contribution is 2.21. The third kappa shape index (κ3) is 4.76. The first-order valence-corrected chi connectivity index (χ1v) is 10.4. The lowest BCUT2D eigenvalue weighted by atomic mass is 10.00. The van der Waals surface area contributed by atoms with E-state index in [1.165, 1.54) is 12.8 Å². The zero-order chi connectivity index (χ0) is 20.9. The summed E-state index contributed by atoms with van der Waals surface area (Å²) in [6.45, 7) is 1.61. The highest BCUT2D eigenvalue weighted by molar-refractivity contribution is 5.76. The largest absolute Gasteiger partial charge is 0.497 e. The standard InChI is InChI=1S/C22H28N6O2/c1-27-12-4-3-5-17(27)13-22(29)23-11-10-20-25-21-14-19(24-15-28(21)26-20)16-6-8-18(30-2)9-7-16/h6-9,14-15,17H,3-5,10-13H2,1-2H3,(H,23,29). The topological polar surface area (TPSA) is 84.6 Å². The van der Waals surface area contributed by atoms with Gasteiger partial charge in [-0.2, -0.15) is 0 Å². The molecule has 1 unspecified atom stereocenters. The molecule has 8 nitrogen and oxygen atoms in total. The summed E-state index contributed by atoms with van der Waals surface area (Å²) in [5.74, 6) is 1.60. The van der Waals surface area contributed by atoms with Crippen LogP contribution >= 0.6 is 0 Å². The number of fused-ring (bicyclic) bond motifs is 1. The van der Waals surface area contributed by atoms with E-state index < -0.39 is 0 Å². The van der Waals surface area contributed by atoms with Crippen molar-refractivity contribution in [3.05, 3.63) is 42.5 Å². The van der Waals surface area contributed by atoms with Gasteiger partial charge < -0.3 is 15.0 Å². The number of carbonyl (C=O) groups excluding carboxylic acids is 1. The van der Waals surface area contributed by atoms with Gasteiger partial charge in [0.25, 0.3) is 0 Å². The van der Waals surface area contributed by atoms with Gasteiger partial charge in [-0.3, -0.25) is 4.79 Å². The van der Waals surface area contributed by atoms with Crippen molar-refractivity contribution >= 4 is 11.6 Å². The third-order valence-electron chi connectivity index (χ3n) is 5.67. The molecule has 2 aromatic heterocycles. The number of nitrogens with one attached hydrogen (secondary N) is 1. The van der Waals surface area contributed by atoms with Gasteiger partial charge >= 0.3 is 0 Å². The van der Waals surface area contributed by atoms with E-state index in [-0.39, 0.29) is 5.91 Å². The average Bonchev–Trinajstić information content (AvgIpc) is 3.17. The molecule has 0 bridgehead atoms. The first kappa shape index (κ1) is 20.3. The maximum atomic E-state index is 12.3. The fraction of sp³-hybridized carbons (Fsp3) is 0.455. The lowest BCUT2D eigenvalue weighted by molar-refractivity contribution is -0.122. The first-order chi connectivity index (χ1) is 14.6. The van der Waals surface area contributed by atoms with Gasteiger partial charge in [-0.15, -0.1) is 5.10 Å². The Hall–Kier alpha value is -3.00. The molecule has 1 atom stereocenters. The number of rotatable bonds is 7. The van der Waals surface area contributed by atoms with Gasteiger partial charge in [0.2, 0.25) is 5.91 Å². The number of aromatic nitrogens is 4. The predicted molar refractivity (Wildman–Crippen MR) is 114 cm³/mol. The van der Waals surface area contributed by atoms with Crippen LogP contribution in [0.25, 0.3) is 16.9 Å². The molecule has 30 heavy (non-hydrogen) atoms. The Kier molecular flexibility index (Phi) is 6.23. The molecule has 4 rings (SSSR count). The molecule has 1 aliphatic rings. The van der Waals surface area contributed by atoms with Gasteiger partial charge in [0.05, 0.1) is 12.8 Å². The second-order valence-corrected chi connectivity index (χ2v) is 7.77. The van der Waals surface area contributed by atoms with Crippen molar-refractivity contribution in [3.63, 3.8) is 0 Å². The van der Waals surface area contributed by atoms with E-state index in [0.717, 1.165) is 35.6 Å². The van der Waals surface area contributed by atoms with Crippen molar-refractivity contribution in [2.24, 2.45) is 0 Å². The van der Waals surface area contributed by atoms with E-state index in [4.69, 9.17) is 4.74 Å². The lowest BCUT2D eigenvalue weighted by Gasteiger charge is -2.31. The van der Waals surface area contributed by atoms with Gasteiger partial charge in [-0.25, -0.2) is 14.5 Å². The van der Waals surface area contributed by atoms with E-state index in [9.17, 15) is 4.79 Å². The third-order valence-corrected chi connectivity index (χ3v) is 5.67. The number of methoxy groups -OCH3 is 1. The van der Waals surface area contributed by atoms with Crippen molar-refractivity contribution in [2.75, 3.05) is 27.2 Å². The maximum Gasteiger partial charge on any atom is 0.221 e. The fourth-order valence-corrected chi connectivity index (χ4v) is 3.87. The zero-order valence-electron chi connectivity index (χ0n) is 17.5. The van der Waals surface area contributed by atoms with E-state index in [1.54, 1.807) is 18.0 Å². The Balaban J connectivity index is 1.34. The SMILES string of the molecule is COc1ccc(-c2cc3nc(CCNC(=O)CC4CCCCN4C)nn3cn2)cc1. The van der Waals surface area contributed by atoms with Crippen LogP contribution < -0.4 is 10.1 Å². The molecular weight excluding hydrogens is 380 g/mol. The van der Waals surface area contributed by atoms with Gasteiger partial charge in [0.1, 0.15) is 12.1 Å². The second kappa shape index (κ2) is 9.21. The van der Waals surface area contributed by atoms with Crippen LogP contribution in [-0.2, 0) is 11.2 Å². The summed E-state index contributed by atoms with van der Waals surface area (Å²) in [6, 6.07) is 10.0. The number of hydrogen-bond acceptors (Lipinski definition) is 6. The van der Waals surface area contributed by atoms with Crippen LogP contribution in [0.2, 0.25) is 0 Å². The van der Waals surface area contributed by atoms with Crippen molar-refractivity contribution in [2.45, 2.75) is 38.1 Å². The monoisotopic (exact) mass is 408 g/mol. The summed E-state index contributed by atoms with van der Waals surface area (Å²) in [5, 5.41) is 7.47. The molecular formula is C22H28N6O2. The molecule has 0 aliphatic carbocycles. The Labute approximate surface area is 176 Å². The molecule has 1 fully saturated rings. The number of amides is 1. The van der Waals surface area contributed by atoms with Crippen LogP contribution in [0.3, 0.4) is 0 Å². The highest BCUT2D eigenvalue weighted by Gasteiger charge is 2.21. The normalized spacial score (nSPS) is 17.2. The van der Waals surface area contributed by atoms with Crippen LogP contribution in [0.15, 0.2) is 36.7 Å². The van der Waals surface area contributed by atoms with Crippen molar-refractivity contribution in [1.29, 1.82) is 0 Å². The van der Waals surface area contributed by atoms with Crippen LogP contribution in [0.4, 0.5) is 0 Å². The molecule has 3 aromatic rings. The van der Waals surface area contributed by atoms with E-state index in [2.05, 4.69) is 32.3 Å². The molecule has 1 saturated heterocycles. The second-order valence-electron chi connectivity index (χ2n) is 7.77. The number of piperidine rings is 1. The van der Waals surface area contributed by atoms with Crippen LogP contribution in [-0.4, -0.2) is 63.7 Å².